The van der Waals surface area contributed by atoms with Crippen molar-refractivity contribution in [2.24, 2.45) is 0 Å². The van der Waals surface area contributed by atoms with Crippen molar-refractivity contribution >= 4 is 33.4 Å². The monoisotopic (exact) mass is 425 g/mol. The molecule has 0 saturated heterocycles. The van der Waals surface area contributed by atoms with Crippen LogP contribution in [0, 0.1) is 0 Å². The lowest BCUT2D eigenvalue weighted by Crippen LogP contribution is -2.31. The van der Waals surface area contributed by atoms with Crippen LogP contribution >= 0.6 is 27.5 Å². The zero-order valence-electron chi connectivity index (χ0n) is 13.6. The maximum absolute atomic E-state index is 12.1. The highest BCUT2D eigenvalue weighted by Crippen LogP contribution is 2.32. The molecule has 0 radical (unpaired) electrons. The van der Waals surface area contributed by atoms with Gasteiger partial charge in [-0.05, 0) is 42.8 Å². The lowest BCUT2D eigenvalue weighted by Gasteiger charge is -2.21. The van der Waals surface area contributed by atoms with Crippen molar-refractivity contribution in [3.05, 3.63) is 51.5 Å². The van der Waals surface area contributed by atoms with Crippen LogP contribution in [-0.4, -0.2) is 25.7 Å². The second kappa shape index (κ2) is 7.97. The molecule has 0 fully saturated rings. The predicted octanol–water partition coefficient (Wildman–Crippen LogP) is 4.13. The zero-order chi connectivity index (χ0) is 17.8. The summed E-state index contributed by atoms with van der Waals surface area (Å²) in [4.78, 5) is 12.1. The molecule has 0 saturated carbocycles. The quantitative estimate of drug-likeness (QED) is 0.781. The van der Waals surface area contributed by atoms with Gasteiger partial charge in [-0.1, -0.05) is 33.6 Å². The Morgan fingerprint density at radius 3 is 2.76 bits per heavy atom. The molecule has 1 aliphatic heterocycles. The largest absolute Gasteiger partial charge is 0.486 e. The Labute approximate surface area is 159 Å². The smallest absolute Gasteiger partial charge is 0.258 e. The number of fused-ring (bicyclic) bond motifs is 1. The molecule has 1 amide bonds. The van der Waals surface area contributed by atoms with E-state index in [0.29, 0.717) is 29.7 Å². The topological polar surface area (TPSA) is 56.8 Å². The van der Waals surface area contributed by atoms with Crippen LogP contribution in [0.5, 0.6) is 17.2 Å². The van der Waals surface area contributed by atoms with Crippen LogP contribution in [0.4, 0.5) is 0 Å². The molecule has 0 unspecified atom stereocenters. The molecule has 0 aromatic heterocycles. The van der Waals surface area contributed by atoms with E-state index in [9.17, 15) is 4.79 Å². The number of benzene rings is 2. The summed E-state index contributed by atoms with van der Waals surface area (Å²) in [5.74, 6) is 1.65. The van der Waals surface area contributed by atoms with Crippen molar-refractivity contribution < 1.29 is 19.0 Å². The predicted molar refractivity (Wildman–Crippen MR) is 98.6 cm³/mol. The van der Waals surface area contributed by atoms with Crippen molar-refractivity contribution in [1.82, 2.24) is 5.32 Å². The van der Waals surface area contributed by atoms with Gasteiger partial charge in [0.2, 0.25) is 0 Å². The van der Waals surface area contributed by atoms with Gasteiger partial charge in [-0.2, -0.15) is 0 Å². The highest BCUT2D eigenvalue weighted by atomic mass is 79.9. The number of hydrogen-bond donors (Lipinski definition) is 1. The third-order valence-electron chi connectivity index (χ3n) is 3.70. The second-order valence-electron chi connectivity index (χ2n) is 5.56. The van der Waals surface area contributed by atoms with Crippen LogP contribution in [-0.2, 0) is 4.79 Å². The molecule has 1 atom stereocenters. The lowest BCUT2D eigenvalue weighted by atomic mass is 10.1. The molecular formula is C18H17BrClNO4. The molecule has 1 heterocycles. The Kier molecular flexibility index (Phi) is 5.71. The fraction of sp³-hybridized carbons (Fsp3) is 0.278. The summed E-state index contributed by atoms with van der Waals surface area (Å²) in [7, 11) is 0. The van der Waals surface area contributed by atoms with Crippen LogP contribution in [0.15, 0.2) is 40.9 Å². The van der Waals surface area contributed by atoms with E-state index in [4.69, 9.17) is 25.8 Å². The van der Waals surface area contributed by atoms with E-state index in [2.05, 4.69) is 21.2 Å². The number of halogens is 2. The standard InChI is InChI=1S/C18H17BrClNO4/c1-11(12-2-4-16-17(8-12)24-7-6-23-16)21-18(22)10-25-15-5-3-13(19)9-14(15)20/h2-5,8-9,11H,6-7,10H2,1H3,(H,21,22)/t11-/m0/s1. The fourth-order valence-electron chi connectivity index (χ4n) is 2.43. The molecule has 2 aromatic rings. The van der Waals surface area contributed by atoms with E-state index in [-0.39, 0.29) is 18.6 Å². The molecule has 0 spiro atoms. The summed E-state index contributed by atoms with van der Waals surface area (Å²) < 4.78 is 17.4. The Hall–Kier alpha value is -1.92. The molecule has 7 heteroatoms. The van der Waals surface area contributed by atoms with Gasteiger partial charge in [-0.3, -0.25) is 4.79 Å². The third-order valence-corrected chi connectivity index (χ3v) is 4.49. The number of nitrogens with one attached hydrogen (secondary N) is 1. The van der Waals surface area contributed by atoms with Crippen molar-refractivity contribution in [2.45, 2.75) is 13.0 Å². The number of hydrogen-bond acceptors (Lipinski definition) is 4. The number of amides is 1. The minimum absolute atomic E-state index is 0.115. The number of ether oxygens (including phenoxy) is 3. The first kappa shape index (κ1) is 17.9. The van der Waals surface area contributed by atoms with Crippen LogP contribution < -0.4 is 19.5 Å². The molecule has 25 heavy (non-hydrogen) atoms. The molecule has 132 valence electrons. The summed E-state index contributed by atoms with van der Waals surface area (Å²) in [5, 5.41) is 3.34. The van der Waals surface area contributed by atoms with Crippen LogP contribution in [0.3, 0.4) is 0 Å². The number of rotatable bonds is 5. The first-order valence-electron chi connectivity index (χ1n) is 7.79. The molecule has 2 aromatic carbocycles. The van der Waals surface area contributed by atoms with E-state index in [1.807, 2.05) is 25.1 Å². The summed E-state index contributed by atoms with van der Waals surface area (Å²) in [6, 6.07) is 10.7. The second-order valence-corrected chi connectivity index (χ2v) is 6.88. The van der Waals surface area contributed by atoms with Gasteiger partial charge in [0.05, 0.1) is 11.1 Å². The van der Waals surface area contributed by atoms with Gasteiger partial charge in [-0.25, -0.2) is 0 Å². The molecule has 3 rings (SSSR count). The molecule has 5 nitrogen and oxygen atoms in total. The SMILES string of the molecule is C[C@H](NC(=O)COc1ccc(Br)cc1Cl)c1ccc2c(c1)OCCO2. The van der Waals surface area contributed by atoms with E-state index < -0.39 is 0 Å². The van der Waals surface area contributed by atoms with Gasteiger partial charge in [0.15, 0.2) is 18.1 Å². The highest BCUT2D eigenvalue weighted by Gasteiger charge is 2.16. The first-order valence-corrected chi connectivity index (χ1v) is 8.97. The van der Waals surface area contributed by atoms with Crippen molar-refractivity contribution in [1.29, 1.82) is 0 Å². The van der Waals surface area contributed by atoms with Gasteiger partial charge < -0.3 is 19.5 Å². The Morgan fingerprint density at radius 2 is 2.00 bits per heavy atom. The maximum atomic E-state index is 12.1. The van der Waals surface area contributed by atoms with Gasteiger partial charge in [0.25, 0.3) is 5.91 Å². The van der Waals surface area contributed by atoms with Gasteiger partial charge in [0.1, 0.15) is 19.0 Å². The van der Waals surface area contributed by atoms with Gasteiger partial charge in [0, 0.05) is 4.47 Å². The molecule has 0 bridgehead atoms. The summed E-state index contributed by atoms with van der Waals surface area (Å²) >= 11 is 9.39. The highest BCUT2D eigenvalue weighted by molar-refractivity contribution is 9.10. The first-order chi connectivity index (χ1) is 12.0. The van der Waals surface area contributed by atoms with Crippen molar-refractivity contribution in [2.75, 3.05) is 19.8 Å². The van der Waals surface area contributed by atoms with Crippen molar-refractivity contribution in [3.63, 3.8) is 0 Å². The van der Waals surface area contributed by atoms with Gasteiger partial charge >= 0.3 is 0 Å². The lowest BCUT2D eigenvalue weighted by molar-refractivity contribution is -0.123. The van der Waals surface area contributed by atoms with Crippen LogP contribution in [0.25, 0.3) is 0 Å². The summed E-state index contributed by atoms with van der Waals surface area (Å²) in [6.45, 7) is 2.86. The fourth-order valence-corrected chi connectivity index (χ4v) is 3.16. The van der Waals surface area contributed by atoms with Crippen LogP contribution in [0.2, 0.25) is 5.02 Å². The van der Waals surface area contributed by atoms with Crippen LogP contribution in [0.1, 0.15) is 18.5 Å². The van der Waals surface area contributed by atoms with E-state index in [1.54, 1.807) is 18.2 Å². The molecule has 1 aliphatic rings. The zero-order valence-corrected chi connectivity index (χ0v) is 15.9. The average molecular weight is 427 g/mol. The molecular weight excluding hydrogens is 410 g/mol. The Bertz CT molecular complexity index is 784. The minimum atomic E-state index is -0.235. The average Bonchev–Trinajstić information content (AvgIpc) is 2.60. The summed E-state index contributed by atoms with van der Waals surface area (Å²) in [5.41, 5.74) is 0.930. The van der Waals surface area contributed by atoms with E-state index in [0.717, 1.165) is 15.8 Å². The molecule has 1 N–H and O–H groups in total. The normalized spacial score (nSPS) is 13.9. The molecule has 0 aliphatic carbocycles. The summed E-state index contributed by atoms with van der Waals surface area (Å²) in [6.07, 6.45) is 0. The number of carbonyl (C=O) groups is 1. The minimum Gasteiger partial charge on any atom is -0.486 e. The Morgan fingerprint density at radius 1 is 1.24 bits per heavy atom. The van der Waals surface area contributed by atoms with E-state index in [1.165, 1.54) is 0 Å². The number of carbonyl (C=O) groups excluding carboxylic acids is 1. The van der Waals surface area contributed by atoms with Gasteiger partial charge in [-0.15, -0.1) is 0 Å². The van der Waals surface area contributed by atoms with Crippen molar-refractivity contribution in [3.8, 4) is 17.2 Å². The maximum Gasteiger partial charge on any atom is 0.258 e. The van der Waals surface area contributed by atoms with E-state index >= 15 is 0 Å². The third kappa shape index (κ3) is 4.58. The Balaban J connectivity index is 1.57.